The zero-order valence-corrected chi connectivity index (χ0v) is 15.6. The summed E-state index contributed by atoms with van der Waals surface area (Å²) in [6.07, 6.45) is 0.694. The van der Waals surface area contributed by atoms with Crippen molar-refractivity contribution in [2.24, 2.45) is 0 Å². The predicted octanol–water partition coefficient (Wildman–Crippen LogP) is 4.07. The minimum Gasteiger partial charge on any atom is -0.339 e. The summed E-state index contributed by atoms with van der Waals surface area (Å²) < 4.78 is 0. The highest BCUT2D eigenvalue weighted by molar-refractivity contribution is 6.05. The zero-order valence-electron chi connectivity index (χ0n) is 15.6. The first-order chi connectivity index (χ1) is 12.5. The molecule has 1 N–H and O–H groups in total. The van der Waals surface area contributed by atoms with Gasteiger partial charge in [0, 0.05) is 36.6 Å². The Hall–Kier alpha value is -2.82. The van der Waals surface area contributed by atoms with Gasteiger partial charge in [0.1, 0.15) is 0 Å². The number of anilines is 2. The van der Waals surface area contributed by atoms with Crippen molar-refractivity contribution in [1.82, 2.24) is 4.90 Å². The van der Waals surface area contributed by atoms with Gasteiger partial charge in [-0.1, -0.05) is 23.8 Å². The SMILES string of the molecule is CCN(CC)C(=O)c1cccc2c1CCN2C(=O)Nc1ccc(C)cc1. The van der Waals surface area contributed by atoms with Crippen LogP contribution in [0, 0.1) is 6.92 Å². The van der Waals surface area contributed by atoms with Crippen molar-refractivity contribution in [3.8, 4) is 0 Å². The number of aryl methyl sites for hydroxylation is 1. The number of amides is 3. The quantitative estimate of drug-likeness (QED) is 0.903. The maximum absolute atomic E-state index is 12.8. The molecule has 2 aromatic carbocycles. The van der Waals surface area contributed by atoms with Crippen LogP contribution in [0.15, 0.2) is 42.5 Å². The Kier molecular flexibility index (Phi) is 5.26. The number of benzene rings is 2. The van der Waals surface area contributed by atoms with Crippen molar-refractivity contribution >= 4 is 23.3 Å². The number of urea groups is 1. The fraction of sp³-hybridized carbons (Fsp3) is 0.333. The number of nitrogens with zero attached hydrogens (tertiary/aromatic N) is 2. The van der Waals surface area contributed by atoms with E-state index in [1.54, 1.807) is 4.90 Å². The largest absolute Gasteiger partial charge is 0.339 e. The smallest absolute Gasteiger partial charge is 0.326 e. The number of fused-ring (bicyclic) bond motifs is 1. The van der Waals surface area contributed by atoms with Gasteiger partial charge in [-0.2, -0.15) is 0 Å². The molecule has 0 unspecified atom stereocenters. The second-order valence-corrected chi connectivity index (χ2v) is 6.48. The molecule has 5 nitrogen and oxygen atoms in total. The molecule has 0 aromatic heterocycles. The van der Waals surface area contributed by atoms with E-state index in [-0.39, 0.29) is 11.9 Å². The second-order valence-electron chi connectivity index (χ2n) is 6.48. The van der Waals surface area contributed by atoms with E-state index in [1.807, 2.05) is 68.1 Å². The topological polar surface area (TPSA) is 52.7 Å². The summed E-state index contributed by atoms with van der Waals surface area (Å²) in [6, 6.07) is 13.2. The average molecular weight is 351 g/mol. The highest BCUT2D eigenvalue weighted by atomic mass is 16.2. The number of carbonyl (C=O) groups excluding carboxylic acids is 2. The zero-order chi connectivity index (χ0) is 18.7. The third-order valence-electron chi connectivity index (χ3n) is 4.86. The molecule has 0 bridgehead atoms. The summed E-state index contributed by atoms with van der Waals surface area (Å²) in [5, 5.41) is 2.94. The Bertz CT molecular complexity index is 811. The van der Waals surface area contributed by atoms with Gasteiger partial charge in [-0.05, 0) is 57.0 Å². The Morgan fingerprint density at radius 2 is 1.77 bits per heavy atom. The third kappa shape index (κ3) is 3.43. The van der Waals surface area contributed by atoms with Gasteiger partial charge in [-0.25, -0.2) is 4.79 Å². The van der Waals surface area contributed by atoms with E-state index >= 15 is 0 Å². The lowest BCUT2D eigenvalue weighted by molar-refractivity contribution is 0.0772. The molecule has 3 rings (SSSR count). The van der Waals surface area contributed by atoms with Crippen LogP contribution in [0.1, 0.15) is 35.3 Å². The van der Waals surface area contributed by atoms with Crippen LogP contribution in [0.2, 0.25) is 0 Å². The Morgan fingerprint density at radius 3 is 2.42 bits per heavy atom. The van der Waals surface area contributed by atoms with Crippen molar-refractivity contribution in [2.45, 2.75) is 27.2 Å². The summed E-state index contributed by atoms with van der Waals surface area (Å²) in [5.41, 5.74) is 4.41. The van der Waals surface area contributed by atoms with Gasteiger partial charge in [-0.3, -0.25) is 9.69 Å². The summed E-state index contributed by atoms with van der Waals surface area (Å²) in [4.78, 5) is 29.0. The third-order valence-corrected chi connectivity index (χ3v) is 4.86. The fourth-order valence-corrected chi connectivity index (χ4v) is 3.35. The van der Waals surface area contributed by atoms with Crippen molar-refractivity contribution in [3.63, 3.8) is 0 Å². The van der Waals surface area contributed by atoms with E-state index in [4.69, 9.17) is 0 Å². The van der Waals surface area contributed by atoms with Crippen LogP contribution in [0.25, 0.3) is 0 Å². The second kappa shape index (κ2) is 7.60. The number of hydrogen-bond donors (Lipinski definition) is 1. The predicted molar refractivity (Wildman–Crippen MR) is 105 cm³/mol. The molecule has 136 valence electrons. The minimum absolute atomic E-state index is 0.0349. The molecule has 0 radical (unpaired) electrons. The molecule has 0 saturated heterocycles. The van der Waals surface area contributed by atoms with Gasteiger partial charge in [0.2, 0.25) is 0 Å². The van der Waals surface area contributed by atoms with Crippen molar-refractivity contribution in [1.29, 1.82) is 0 Å². The maximum atomic E-state index is 12.8. The molecule has 1 aliphatic heterocycles. The molecule has 0 fully saturated rings. The van der Waals surface area contributed by atoms with E-state index in [0.29, 0.717) is 31.6 Å². The highest BCUT2D eigenvalue weighted by Gasteiger charge is 2.29. The number of rotatable bonds is 4. The lowest BCUT2D eigenvalue weighted by Crippen LogP contribution is -2.33. The molecule has 0 atom stereocenters. The fourth-order valence-electron chi connectivity index (χ4n) is 3.35. The summed E-state index contributed by atoms with van der Waals surface area (Å²) in [5.74, 6) is 0.0349. The Labute approximate surface area is 154 Å². The monoisotopic (exact) mass is 351 g/mol. The van der Waals surface area contributed by atoms with Crippen LogP contribution in [0.5, 0.6) is 0 Å². The standard InChI is InChI=1S/C21H25N3O2/c1-4-23(5-2)20(25)18-7-6-8-19-17(18)13-14-24(19)21(26)22-16-11-9-15(3)10-12-16/h6-12H,4-5,13-14H2,1-3H3,(H,22,26). The van der Waals surface area contributed by atoms with Gasteiger partial charge in [-0.15, -0.1) is 0 Å². The number of carbonyl (C=O) groups is 2. The molecule has 0 aliphatic carbocycles. The number of hydrogen-bond acceptors (Lipinski definition) is 2. The van der Waals surface area contributed by atoms with Crippen LogP contribution in [0.4, 0.5) is 16.2 Å². The first-order valence-electron chi connectivity index (χ1n) is 9.11. The summed E-state index contributed by atoms with van der Waals surface area (Å²) in [7, 11) is 0. The lowest BCUT2D eigenvalue weighted by Gasteiger charge is -2.21. The van der Waals surface area contributed by atoms with Gasteiger partial charge in [0.15, 0.2) is 0 Å². The van der Waals surface area contributed by atoms with E-state index < -0.39 is 0 Å². The van der Waals surface area contributed by atoms with Crippen molar-refractivity contribution in [3.05, 3.63) is 59.2 Å². The molecular weight excluding hydrogens is 326 g/mol. The molecule has 26 heavy (non-hydrogen) atoms. The summed E-state index contributed by atoms with van der Waals surface area (Å²) >= 11 is 0. The van der Waals surface area contributed by atoms with E-state index in [9.17, 15) is 9.59 Å². The van der Waals surface area contributed by atoms with Crippen LogP contribution < -0.4 is 10.2 Å². The average Bonchev–Trinajstić information content (AvgIpc) is 3.08. The minimum atomic E-state index is -0.167. The van der Waals surface area contributed by atoms with Crippen LogP contribution in [-0.4, -0.2) is 36.5 Å². The Balaban J connectivity index is 1.83. The molecule has 1 aliphatic rings. The molecule has 1 heterocycles. The lowest BCUT2D eigenvalue weighted by atomic mass is 10.0. The first kappa shape index (κ1) is 18.0. The number of nitrogens with one attached hydrogen (secondary N) is 1. The van der Waals surface area contributed by atoms with Crippen LogP contribution in [0.3, 0.4) is 0 Å². The molecule has 5 heteroatoms. The van der Waals surface area contributed by atoms with E-state index in [2.05, 4.69) is 5.32 Å². The molecule has 0 saturated carbocycles. The molecule has 2 aromatic rings. The summed E-state index contributed by atoms with van der Waals surface area (Å²) in [6.45, 7) is 7.90. The van der Waals surface area contributed by atoms with Gasteiger partial charge >= 0.3 is 6.03 Å². The van der Waals surface area contributed by atoms with Crippen molar-refractivity contribution < 1.29 is 9.59 Å². The van der Waals surface area contributed by atoms with E-state index in [1.165, 1.54) is 0 Å². The van der Waals surface area contributed by atoms with Crippen LogP contribution in [-0.2, 0) is 6.42 Å². The van der Waals surface area contributed by atoms with Gasteiger partial charge in [0.05, 0.1) is 0 Å². The molecular formula is C21H25N3O2. The van der Waals surface area contributed by atoms with Crippen molar-refractivity contribution in [2.75, 3.05) is 29.9 Å². The molecule has 0 spiro atoms. The van der Waals surface area contributed by atoms with Crippen LogP contribution >= 0.6 is 0 Å². The molecule has 3 amide bonds. The maximum Gasteiger partial charge on any atom is 0.326 e. The van der Waals surface area contributed by atoms with Gasteiger partial charge in [0.25, 0.3) is 5.91 Å². The highest BCUT2D eigenvalue weighted by Crippen LogP contribution is 2.32. The Morgan fingerprint density at radius 1 is 1.08 bits per heavy atom. The van der Waals surface area contributed by atoms with E-state index in [0.717, 1.165) is 22.5 Å². The first-order valence-corrected chi connectivity index (χ1v) is 9.11. The normalized spacial score (nSPS) is 12.7. The van der Waals surface area contributed by atoms with Gasteiger partial charge < -0.3 is 10.2 Å².